The monoisotopic (exact) mass is 414 g/mol. The van der Waals surface area contributed by atoms with Gasteiger partial charge in [0.15, 0.2) is 0 Å². The molecule has 0 unspecified atom stereocenters. The lowest BCUT2D eigenvalue weighted by atomic mass is 10.4. The molecule has 1 aromatic heterocycles. The van der Waals surface area contributed by atoms with Gasteiger partial charge in [0.05, 0.1) is 13.2 Å². The van der Waals surface area contributed by atoms with Gasteiger partial charge in [0.25, 0.3) is 0 Å². The fraction of sp³-hybridized carbons (Fsp3) is 0.529. The molecule has 27 heavy (non-hydrogen) atoms. The number of hydrogen-bond donors (Lipinski definition) is 0. The van der Waals surface area contributed by atoms with E-state index < -0.39 is 12.2 Å². The van der Waals surface area contributed by atoms with Gasteiger partial charge in [-0.15, -0.1) is 0 Å². The maximum atomic E-state index is 11.6. The summed E-state index contributed by atoms with van der Waals surface area (Å²) in [7, 11) is 5.22. The topological polar surface area (TPSA) is 86.0 Å². The zero-order valence-electron chi connectivity index (χ0n) is 15.5. The highest BCUT2D eigenvalue weighted by atomic mass is 33.1. The second kappa shape index (κ2) is 15.2. The molecule has 0 atom stereocenters. The molecule has 1 heterocycles. The largest absolute Gasteiger partial charge is 0.449 e. The van der Waals surface area contributed by atoms with E-state index >= 15 is 0 Å². The van der Waals surface area contributed by atoms with Crippen molar-refractivity contribution >= 4 is 40.5 Å². The van der Waals surface area contributed by atoms with Crippen molar-refractivity contribution in [2.24, 2.45) is 4.99 Å². The third-order valence-corrected chi connectivity index (χ3v) is 5.75. The van der Waals surface area contributed by atoms with E-state index in [1.54, 1.807) is 24.0 Å². The van der Waals surface area contributed by atoms with Crippen LogP contribution in [0.1, 0.15) is 25.7 Å². The maximum Gasteiger partial charge on any atom is 0.419 e. The van der Waals surface area contributed by atoms with Crippen LogP contribution in [0.15, 0.2) is 36.1 Å². The average Bonchev–Trinajstić information content (AvgIpc) is 3.21. The van der Waals surface area contributed by atoms with Gasteiger partial charge in [-0.2, -0.15) is 0 Å². The smallest absolute Gasteiger partial charge is 0.419 e. The Morgan fingerprint density at radius 3 is 2.44 bits per heavy atom. The number of carbonyl (C=O) groups excluding carboxylic acids is 2. The lowest BCUT2D eigenvalue weighted by molar-refractivity contribution is 0.122. The number of ether oxygens (including phenoxy) is 2. The number of rotatable bonds is 13. The summed E-state index contributed by atoms with van der Waals surface area (Å²) in [5.74, 6) is 2.02. The Morgan fingerprint density at radius 1 is 1.19 bits per heavy atom. The molecule has 0 aliphatic heterocycles. The first-order valence-electron chi connectivity index (χ1n) is 8.56. The van der Waals surface area contributed by atoms with E-state index in [2.05, 4.69) is 16.7 Å². The summed E-state index contributed by atoms with van der Waals surface area (Å²) in [5, 5.41) is 0. The van der Waals surface area contributed by atoms with Crippen LogP contribution in [0, 0.1) is 0 Å². The molecule has 0 saturated heterocycles. The van der Waals surface area contributed by atoms with E-state index in [0.29, 0.717) is 13.2 Å². The number of unbranched alkanes of at least 4 members (excludes halogenated alkanes) is 2. The van der Waals surface area contributed by atoms with Crippen LogP contribution >= 0.6 is 21.6 Å². The van der Waals surface area contributed by atoms with E-state index in [1.807, 2.05) is 10.8 Å². The van der Waals surface area contributed by atoms with Crippen LogP contribution in [-0.4, -0.2) is 65.1 Å². The number of hydrogen-bond acceptors (Lipinski definition) is 8. The molecule has 0 fully saturated rings. The van der Waals surface area contributed by atoms with Crippen molar-refractivity contribution in [2.45, 2.75) is 25.7 Å². The van der Waals surface area contributed by atoms with Gasteiger partial charge in [0.2, 0.25) is 0 Å². The molecule has 0 saturated carbocycles. The van der Waals surface area contributed by atoms with Crippen LogP contribution in [0.3, 0.4) is 0 Å². The molecular weight excluding hydrogens is 388 g/mol. The van der Waals surface area contributed by atoms with Crippen molar-refractivity contribution in [3.05, 3.63) is 31.1 Å². The lowest BCUT2D eigenvalue weighted by Crippen LogP contribution is -2.22. The Morgan fingerprint density at radius 2 is 1.85 bits per heavy atom. The molecule has 0 bridgehead atoms. The Bertz CT molecular complexity index is 581. The van der Waals surface area contributed by atoms with Gasteiger partial charge in [-0.05, 0) is 32.4 Å². The summed E-state index contributed by atoms with van der Waals surface area (Å²) in [4.78, 5) is 31.8. The molecule has 0 aliphatic carbocycles. The highest BCUT2D eigenvalue weighted by molar-refractivity contribution is 8.76. The van der Waals surface area contributed by atoms with Crippen molar-refractivity contribution < 1.29 is 19.1 Å². The highest BCUT2D eigenvalue weighted by Crippen LogP contribution is 2.23. The Labute approximate surface area is 167 Å². The van der Waals surface area contributed by atoms with E-state index in [9.17, 15) is 9.59 Å². The van der Waals surface area contributed by atoms with Crippen molar-refractivity contribution in [1.29, 1.82) is 0 Å². The first-order valence-corrected chi connectivity index (χ1v) is 11.1. The van der Waals surface area contributed by atoms with Crippen LogP contribution in [0.4, 0.5) is 9.59 Å². The van der Waals surface area contributed by atoms with Crippen LogP contribution in [-0.2, 0) is 9.47 Å². The minimum absolute atomic E-state index is 0.394. The number of imidazole rings is 1. The summed E-state index contributed by atoms with van der Waals surface area (Å²) >= 11 is 0. The molecule has 8 nitrogen and oxygen atoms in total. The quantitative estimate of drug-likeness (QED) is 0.273. The molecule has 0 radical (unpaired) electrons. The minimum atomic E-state index is -0.398. The molecule has 1 rings (SSSR count). The van der Waals surface area contributed by atoms with Crippen LogP contribution in [0.5, 0.6) is 0 Å². The predicted molar refractivity (Wildman–Crippen MR) is 110 cm³/mol. The summed E-state index contributed by atoms with van der Waals surface area (Å²) in [6.45, 7) is 4.12. The van der Waals surface area contributed by atoms with Crippen molar-refractivity contribution in [3.8, 4) is 0 Å². The zero-order valence-corrected chi connectivity index (χ0v) is 17.1. The molecule has 1 aromatic rings. The average molecular weight is 415 g/mol. The second-order valence-corrected chi connectivity index (χ2v) is 8.05. The third-order valence-electron chi connectivity index (χ3n) is 3.18. The molecule has 0 aliphatic rings. The van der Waals surface area contributed by atoms with Gasteiger partial charge in [0.1, 0.15) is 6.33 Å². The number of amides is 1. The van der Waals surface area contributed by atoms with E-state index in [0.717, 1.165) is 37.2 Å². The Balaban J connectivity index is 1.85. The van der Waals surface area contributed by atoms with Crippen LogP contribution < -0.4 is 0 Å². The number of carbonyl (C=O) groups is 2. The number of aliphatic imine (C=N–C) groups is 1. The Kier molecular flexibility index (Phi) is 13.0. The second-order valence-electron chi connectivity index (χ2n) is 5.35. The van der Waals surface area contributed by atoms with Gasteiger partial charge in [0, 0.05) is 43.3 Å². The molecule has 0 aromatic carbocycles. The van der Waals surface area contributed by atoms with Crippen molar-refractivity contribution in [3.63, 3.8) is 0 Å². The molecule has 10 heteroatoms. The normalized spacial score (nSPS) is 10.7. The van der Waals surface area contributed by atoms with Crippen molar-refractivity contribution in [1.82, 2.24) is 14.5 Å². The SMILES string of the molecule is C=N/C=C\N(C)C(=O)OCCCCSSCCCCOC(=O)n1ccnc1. The summed E-state index contributed by atoms with van der Waals surface area (Å²) < 4.78 is 11.6. The summed E-state index contributed by atoms with van der Waals surface area (Å²) in [6, 6.07) is 0. The number of nitrogens with zero attached hydrogens (tertiary/aromatic N) is 4. The van der Waals surface area contributed by atoms with Crippen LogP contribution in [0.25, 0.3) is 0 Å². The van der Waals surface area contributed by atoms with E-state index in [4.69, 9.17) is 9.47 Å². The molecule has 1 amide bonds. The summed E-state index contributed by atoms with van der Waals surface area (Å²) in [5.41, 5.74) is 0. The fourth-order valence-corrected chi connectivity index (χ4v) is 4.01. The molecule has 150 valence electrons. The number of aromatic nitrogens is 2. The van der Waals surface area contributed by atoms with Crippen LogP contribution in [0.2, 0.25) is 0 Å². The highest BCUT2D eigenvalue weighted by Gasteiger charge is 2.06. The summed E-state index contributed by atoms with van der Waals surface area (Å²) in [6.07, 6.45) is 10.3. The third kappa shape index (κ3) is 11.4. The standard InChI is InChI=1S/C17H26N4O4S2/c1-18-7-9-20(2)16(22)24-11-3-5-13-26-27-14-6-4-12-25-17(23)21-10-8-19-15-21/h7-10,15H,1,3-6,11-14H2,2H3/b9-7-. The van der Waals surface area contributed by atoms with Gasteiger partial charge in [-0.3, -0.25) is 9.89 Å². The predicted octanol–water partition coefficient (Wildman–Crippen LogP) is 4.05. The minimum Gasteiger partial charge on any atom is -0.449 e. The Hall–Kier alpha value is -1.94. The van der Waals surface area contributed by atoms with Gasteiger partial charge in [-0.25, -0.2) is 19.1 Å². The fourth-order valence-electron chi connectivity index (χ4n) is 1.71. The van der Waals surface area contributed by atoms with E-state index in [1.165, 1.54) is 34.4 Å². The maximum absolute atomic E-state index is 11.6. The zero-order chi connectivity index (χ0) is 19.7. The first kappa shape index (κ1) is 23.1. The molecule has 0 N–H and O–H groups in total. The molecular formula is C17H26N4O4S2. The van der Waals surface area contributed by atoms with E-state index in [-0.39, 0.29) is 0 Å². The molecule has 0 spiro atoms. The lowest BCUT2D eigenvalue weighted by Gasteiger charge is -2.11. The van der Waals surface area contributed by atoms with Gasteiger partial charge >= 0.3 is 12.2 Å². The van der Waals surface area contributed by atoms with Crippen molar-refractivity contribution in [2.75, 3.05) is 31.8 Å². The first-order chi connectivity index (χ1) is 13.1. The van der Waals surface area contributed by atoms with Gasteiger partial charge in [-0.1, -0.05) is 21.6 Å². The van der Waals surface area contributed by atoms with Gasteiger partial charge < -0.3 is 9.47 Å².